The van der Waals surface area contributed by atoms with Gasteiger partial charge >= 0.3 is 0 Å². The Kier molecular flexibility index (Phi) is 3.57. The summed E-state index contributed by atoms with van der Waals surface area (Å²) in [5.41, 5.74) is 4.88. The van der Waals surface area contributed by atoms with Crippen molar-refractivity contribution in [2.75, 3.05) is 7.05 Å². The van der Waals surface area contributed by atoms with Gasteiger partial charge in [0.25, 0.3) is 5.91 Å². The second-order valence-corrected chi connectivity index (χ2v) is 4.16. The van der Waals surface area contributed by atoms with Crippen molar-refractivity contribution < 1.29 is 18.8 Å². The lowest BCUT2D eigenvalue weighted by molar-refractivity contribution is -0.137. The van der Waals surface area contributed by atoms with Crippen molar-refractivity contribution in [1.82, 2.24) is 15.8 Å². The van der Waals surface area contributed by atoms with Gasteiger partial charge in [-0.05, 0) is 18.2 Å². The molecule has 0 bridgehead atoms. The predicted molar refractivity (Wildman–Crippen MR) is 63.2 cm³/mol. The highest BCUT2D eigenvalue weighted by molar-refractivity contribution is 6.05. The Bertz CT molecular complexity index is 547. The molecule has 1 unspecified atom stereocenters. The first-order valence-electron chi connectivity index (χ1n) is 5.61. The van der Waals surface area contributed by atoms with E-state index in [-0.39, 0.29) is 17.9 Å². The van der Waals surface area contributed by atoms with Crippen LogP contribution in [0.1, 0.15) is 16.8 Å². The lowest BCUT2D eigenvalue weighted by Crippen LogP contribution is -2.47. The molecule has 0 saturated carbocycles. The number of hydrogen-bond acceptors (Lipinski definition) is 4. The second kappa shape index (κ2) is 5.15. The minimum absolute atomic E-state index is 0.0151. The number of hydrogen-bond donors (Lipinski definition) is 2. The van der Waals surface area contributed by atoms with Gasteiger partial charge in [-0.2, -0.15) is 0 Å². The molecule has 3 amide bonds. The molecule has 1 aliphatic rings. The van der Waals surface area contributed by atoms with Gasteiger partial charge in [-0.1, -0.05) is 6.07 Å². The van der Waals surface area contributed by atoms with E-state index >= 15 is 0 Å². The molecule has 7 heteroatoms. The SMILES string of the molecule is CN1C(=O)CC(NNC(=O)c2cccc(F)c2)C1=O. The first kappa shape index (κ1) is 13.2. The first-order valence-corrected chi connectivity index (χ1v) is 5.61. The number of likely N-dealkylation sites (tertiary alicyclic amines) is 1. The third kappa shape index (κ3) is 2.76. The van der Waals surface area contributed by atoms with Gasteiger partial charge in [0.2, 0.25) is 11.8 Å². The molecule has 100 valence electrons. The smallest absolute Gasteiger partial charge is 0.265 e. The minimum atomic E-state index is -0.782. The van der Waals surface area contributed by atoms with Crippen molar-refractivity contribution in [3.05, 3.63) is 35.6 Å². The second-order valence-electron chi connectivity index (χ2n) is 4.16. The van der Waals surface area contributed by atoms with Gasteiger partial charge in [0.05, 0.1) is 6.42 Å². The largest absolute Gasteiger partial charge is 0.287 e. The zero-order valence-corrected chi connectivity index (χ0v) is 10.1. The summed E-state index contributed by atoms with van der Waals surface area (Å²) in [6.07, 6.45) is -0.0151. The molecule has 1 aliphatic heterocycles. The molecule has 19 heavy (non-hydrogen) atoms. The number of imide groups is 1. The van der Waals surface area contributed by atoms with Gasteiger partial charge in [0.15, 0.2) is 0 Å². The van der Waals surface area contributed by atoms with E-state index in [1.807, 2.05) is 0 Å². The number of halogens is 1. The van der Waals surface area contributed by atoms with Crippen LogP contribution >= 0.6 is 0 Å². The van der Waals surface area contributed by atoms with E-state index in [1.165, 1.54) is 25.2 Å². The molecule has 2 rings (SSSR count). The van der Waals surface area contributed by atoms with Crippen LogP contribution in [0.15, 0.2) is 24.3 Å². The number of nitrogens with one attached hydrogen (secondary N) is 2. The van der Waals surface area contributed by atoms with Crippen LogP contribution in [0.2, 0.25) is 0 Å². The molecule has 1 aromatic rings. The summed E-state index contributed by atoms with van der Waals surface area (Å²) in [5.74, 6) is -1.83. The third-order valence-electron chi connectivity index (χ3n) is 2.83. The van der Waals surface area contributed by atoms with E-state index in [9.17, 15) is 18.8 Å². The van der Waals surface area contributed by atoms with Gasteiger partial charge < -0.3 is 0 Å². The lowest BCUT2D eigenvalue weighted by Gasteiger charge is -2.12. The first-order chi connectivity index (χ1) is 8.99. The monoisotopic (exact) mass is 265 g/mol. The summed E-state index contributed by atoms with van der Waals surface area (Å²) in [6.45, 7) is 0. The Morgan fingerprint density at radius 1 is 1.42 bits per heavy atom. The zero-order chi connectivity index (χ0) is 14.0. The maximum Gasteiger partial charge on any atom is 0.265 e. The standard InChI is InChI=1S/C12H12FN3O3/c1-16-10(17)6-9(12(16)19)14-15-11(18)7-3-2-4-8(13)5-7/h2-5,9,14H,6H2,1H3,(H,15,18). The Labute approximate surface area is 108 Å². The molecule has 1 saturated heterocycles. The molecule has 0 spiro atoms. The number of benzene rings is 1. The number of carbonyl (C=O) groups excluding carboxylic acids is 3. The highest BCUT2D eigenvalue weighted by Gasteiger charge is 2.36. The van der Waals surface area contributed by atoms with E-state index in [2.05, 4.69) is 10.9 Å². The molecule has 2 N–H and O–H groups in total. The molecule has 1 fully saturated rings. The van der Waals surface area contributed by atoms with Crippen LogP contribution in [0.25, 0.3) is 0 Å². The fraction of sp³-hybridized carbons (Fsp3) is 0.250. The molecule has 0 aliphatic carbocycles. The fourth-order valence-electron chi connectivity index (χ4n) is 1.72. The summed E-state index contributed by atoms with van der Waals surface area (Å²) in [6, 6.07) is 4.36. The van der Waals surface area contributed by atoms with Gasteiger partial charge in [-0.25, -0.2) is 9.82 Å². The normalized spacial score (nSPS) is 18.8. The molecule has 6 nitrogen and oxygen atoms in total. The number of rotatable bonds is 3. The van der Waals surface area contributed by atoms with Crippen LogP contribution in [0.4, 0.5) is 4.39 Å². The van der Waals surface area contributed by atoms with E-state index in [4.69, 9.17) is 0 Å². The molecular weight excluding hydrogens is 253 g/mol. The average molecular weight is 265 g/mol. The van der Waals surface area contributed by atoms with Crippen LogP contribution in [0.3, 0.4) is 0 Å². The van der Waals surface area contributed by atoms with Crippen molar-refractivity contribution in [3.63, 3.8) is 0 Å². The number of amides is 3. The number of hydrazine groups is 1. The van der Waals surface area contributed by atoms with Crippen molar-refractivity contribution in [2.45, 2.75) is 12.5 Å². The molecule has 0 aromatic heterocycles. The molecule has 1 heterocycles. The van der Waals surface area contributed by atoms with Crippen LogP contribution in [-0.2, 0) is 9.59 Å². The summed E-state index contributed by atoms with van der Waals surface area (Å²) in [5, 5.41) is 0. The molecule has 1 aromatic carbocycles. The highest BCUT2D eigenvalue weighted by Crippen LogP contribution is 2.09. The van der Waals surface area contributed by atoms with E-state index in [0.717, 1.165) is 11.0 Å². The Balaban J connectivity index is 1.95. The summed E-state index contributed by atoms with van der Waals surface area (Å²) >= 11 is 0. The van der Waals surface area contributed by atoms with Crippen molar-refractivity contribution in [3.8, 4) is 0 Å². The van der Waals surface area contributed by atoms with E-state index in [0.29, 0.717) is 0 Å². The number of likely N-dealkylation sites (N-methyl/N-ethyl adjacent to an activating group) is 1. The van der Waals surface area contributed by atoms with Crippen molar-refractivity contribution in [1.29, 1.82) is 0 Å². The highest BCUT2D eigenvalue weighted by atomic mass is 19.1. The van der Waals surface area contributed by atoms with Gasteiger partial charge in [-0.15, -0.1) is 0 Å². The fourth-order valence-corrected chi connectivity index (χ4v) is 1.72. The maximum absolute atomic E-state index is 12.9. The number of nitrogens with zero attached hydrogens (tertiary/aromatic N) is 1. The van der Waals surface area contributed by atoms with Crippen molar-refractivity contribution in [2.24, 2.45) is 0 Å². The Morgan fingerprint density at radius 2 is 2.16 bits per heavy atom. The summed E-state index contributed by atoms with van der Waals surface area (Å²) in [4.78, 5) is 35.5. The topological polar surface area (TPSA) is 78.5 Å². The molecule has 0 radical (unpaired) electrons. The van der Waals surface area contributed by atoms with Crippen LogP contribution in [0.5, 0.6) is 0 Å². The molecule has 1 atom stereocenters. The third-order valence-corrected chi connectivity index (χ3v) is 2.83. The zero-order valence-electron chi connectivity index (χ0n) is 10.1. The maximum atomic E-state index is 12.9. The van der Waals surface area contributed by atoms with Crippen LogP contribution in [-0.4, -0.2) is 35.7 Å². The van der Waals surface area contributed by atoms with E-state index in [1.54, 1.807) is 0 Å². The van der Waals surface area contributed by atoms with Crippen LogP contribution < -0.4 is 10.9 Å². The Morgan fingerprint density at radius 3 is 2.74 bits per heavy atom. The summed E-state index contributed by atoms with van der Waals surface area (Å²) in [7, 11) is 1.38. The average Bonchev–Trinajstić information content (AvgIpc) is 2.63. The van der Waals surface area contributed by atoms with Crippen molar-refractivity contribution >= 4 is 17.7 Å². The van der Waals surface area contributed by atoms with E-state index < -0.39 is 23.7 Å². The number of carbonyl (C=O) groups is 3. The van der Waals surface area contributed by atoms with Crippen LogP contribution in [0, 0.1) is 5.82 Å². The van der Waals surface area contributed by atoms with Gasteiger partial charge in [0, 0.05) is 12.6 Å². The minimum Gasteiger partial charge on any atom is -0.287 e. The van der Waals surface area contributed by atoms with Gasteiger partial charge in [0.1, 0.15) is 11.9 Å². The Hall–Kier alpha value is -2.28. The quantitative estimate of drug-likeness (QED) is 0.587. The molecular formula is C12H12FN3O3. The predicted octanol–water partition coefficient (Wildman–Crippen LogP) is -0.183. The lowest BCUT2D eigenvalue weighted by atomic mass is 10.2. The summed E-state index contributed by atoms with van der Waals surface area (Å²) < 4.78 is 12.9. The van der Waals surface area contributed by atoms with Gasteiger partial charge in [-0.3, -0.25) is 24.7 Å².